The van der Waals surface area contributed by atoms with Crippen molar-refractivity contribution in [1.29, 1.82) is 5.26 Å². The number of para-hydroxylation sites is 1. The summed E-state index contributed by atoms with van der Waals surface area (Å²) in [5, 5.41) is 12.6. The number of nitrogens with one attached hydrogen (secondary N) is 1. The number of hydrogen-bond acceptors (Lipinski definition) is 3. The Hall–Kier alpha value is -3.58. The minimum Gasteiger partial charge on any atom is -0.493 e. The lowest BCUT2D eigenvalue weighted by molar-refractivity contribution is 0.0925. The summed E-state index contributed by atoms with van der Waals surface area (Å²) in [5.74, 6) is 0.664. The van der Waals surface area contributed by atoms with E-state index in [9.17, 15) is 10.1 Å². The van der Waals surface area contributed by atoms with Crippen molar-refractivity contribution in [2.45, 2.75) is 12.5 Å². The lowest BCUT2D eigenvalue weighted by atomic mass is 9.94. The molecule has 1 amide bonds. The molecule has 4 heteroatoms. The second-order valence-corrected chi connectivity index (χ2v) is 6.40. The molecule has 1 atom stereocenters. The molecule has 0 radical (unpaired) electrons. The van der Waals surface area contributed by atoms with E-state index < -0.39 is 0 Å². The third-order valence-electron chi connectivity index (χ3n) is 4.77. The summed E-state index contributed by atoms with van der Waals surface area (Å²) in [7, 11) is 0. The van der Waals surface area contributed by atoms with Crippen LogP contribution in [0.25, 0.3) is 11.1 Å². The Labute approximate surface area is 158 Å². The van der Waals surface area contributed by atoms with Gasteiger partial charge in [-0.1, -0.05) is 54.6 Å². The van der Waals surface area contributed by atoms with Crippen LogP contribution in [0.2, 0.25) is 0 Å². The molecule has 0 saturated carbocycles. The van der Waals surface area contributed by atoms with Gasteiger partial charge in [0.15, 0.2) is 0 Å². The van der Waals surface area contributed by atoms with Gasteiger partial charge in [0.25, 0.3) is 5.91 Å². The van der Waals surface area contributed by atoms with Crippen LogP contribution >= 0.6 is 0 Å². The second-order valence-electron chi connectivity index (χ2n) is 6.40. The van der Waals surface area contributed by atoms with E-state index in [2.05, 4.69) is 11.4 Å². The SMILES string of the molecule is N#Cc1ccccc1-c1ccccc1C(=O)N[C@H]1CCOc2ccccc21. The molecule has 3 aromatic carbocycles. The summed E-state index contributed by atoms with van der Waals surface area (Å²) < 4.78 is 5.68. The molecule has 1 heterocycles. The van der Waals surface area contributed by atoms with E-state index in [1.807, 2.05) is 60.7 Å². The number of carbonyl (C=O) groups excluding carboxylic acids is 1. The van der Waals surface area contributed by atoms with Crippen molar-refractivity contribution in [2.24, 2.45) is 0 Å². The highest BCUT2D eigenvalue weighted by atomic mass is 16.5. The Morgan fingerprint density at radius 3 is 2.52 bits per heavy atom. The summed E-state index contributed by atoms with van der Waals surface area (Å²) >= 11 is 0. The van der Waals surface area contributed by atoms with Crippen LogP contribution in [-0.4, -0.2) is 12.5 Å². The molecule has 0 saturated heterocycles. The van der Waals surface area contributed by atoms with E-state index in [1.54, 1.807) is 12.1 Å². The molecule has 0 aromatic heterocycles. The predicted molar refractivity (Wildman–Crippen MR) is 103 cm³/mol. The summed E-state index contributed by atoms with van der Waals surface area (Å²) in [6.07, 6.45) is 0.722. The number of amides is 1. The monoisotopic (exact) mass is 354 g/mol. The minimum atomic E-state index is -0.153. The van der Waals surface area contributed by atoms with Crippen molar-refractivity contribution in [3.63, 3.8) is 0 Å². The molecule has 0 spiro atoms. The standard InChI is InChI=1S/C23H18N2O2/c24-15-16-7-1-2-8-17(16)18-9-3-4-10-19(18)23(26)25-21-13-14-27-22-12-6-5-11-20(21)22/h1-12,21H,13-14H2,(H,25,26)/t21-/m0/s1. The Morgan fingerprint density at radius 1 is 0.963 bits per heavy atom. The third kappa shape index (κ3) is 3.28. The van der Waals surface area contributed by atoms with E-state index in [1.165, 1.54) is 0 Å². The highest BCUT2D eigenvalue weighted by molar-refractivity contribution is 6.01. The maximum Gasteiger partial charge on any atom is 0.252 e. The molecule has 4 rings (SSSR count). The van der Waals surface area contributed by atoms with Crippen molar-refractivity contribution < 1.29 is 9.53 Å². The van der Waals surface area contributed by atoms with Gasteiger partial charge in [0, 0.05) is 23.1 Å². The number of benzene rings is 3. The van der Waals surface area contributed by atoms with Gasteiger partial charge in [0.1, 0.15) is 5.75 Å². The van der Waals surface area contributed by atoms with Crippen LogP contribution in [0.5, 0.6) is 5.75 Å². The molecule has 27 heavy (non-hydrogen) atoms. The van der Waals surface area contributed by atoms with E-state index in [-0.39, 0.29) is 11.9 Å². The normalized spacial score (nSPS) is 15.1. The van der Waals surface area contributed by atoms with Crippen LogP contribution in [0.1, 0.15) is 33.9 Å². The molecule has 0 fully saturated rings. The van der Waals surface area contributed by atoms with Gasteiger partial charge >= 0.3 is 0 Å². The van der Waals surface area contributed by atoms with Crippen LogP contribution in [0.3, 0.4) is 0 Å². The molecule has 0 aliphatic carbocycles. The number of nitrogens with zero attached hydrogens (tertiary/aromatic N) is 1. The third-order valence-corrected chi connectivity index (χ3v) is 4.77. The molecular formula is C23H18N2O2. The van der Waals surface area contributed by atoms with Crippen LogP contribution in [0.4, 0.5) is 0 Å². The Bertz CT molecular complexity index is 1040. The Balaban J connectivity index is 1.68. The first-order valence-electron chi connectivity index (χ1n) is 8.89. The van der Waals surface area contributed by atoms with Gasteiger partial charge in [-0.2, -0.15) is 5.26 Å². The molecule has 4 nitrogen and oxygen atoms in total. The van der Waals surface area contributed by atoms with Gasteiger partial charge in [0.2, 0.25) is 0 Å². The van der Waals surface area contributed by atoms with Crippen LogP contribution in [0.15, 0.2) is 72.8 Å². The smallest absolute Gasteiger partial charge is 0.252 e. The number of rotatable bonds is 3. The van der Waals surface area contributed by atoms with E-state index in [0.29, 0.717) is 17.7 Å². The van der Waals surface area contributed by atoms with Gasteiger partial charge in [-0.05, 0) is 23.8 Å². The molecule has 1 aliphatic rings. The largest absolute Gasteiger partial charge is 0.493 e. The zero-order valence-corrected chi connectivity index (χ0v) is 14.7. The van der Waals surface area contributed by atoms with E-state index >= 15 is 0 Å². The summed E-state index contributed by atoms with van der Waals surface area (Å²) in [5.41, 5.74) is 3.62. The molecular weight excluding hydrogens is 336 g/mol. The van der Waals surface area contributed by atoms with Crippen LogP contribution in [0, 0.1) is 11.3 Å². The molecule has 0 unspecified atom stereocenters. The van der Waals surface area contributed by atoms with Gasteiger partial charge in [-0.3, -0.25) is 4.79 Å². The van der Waals surface area contributed by atoms with Crippen molar-refractivity contribution in [1.82, 2.24) is 5.32 Å². The molecule has 132 valence electrons. The van der Waals surface area contributed by atoms with E-state index in [4.69, 9.17) is 4.74 Å². The number of carbonyl (C=O) groups is 1. The summed E-state index contributed by atoms with van der Waals surface area (Å²) in [6, 6.07) is 24.6. The Kier molecular flexibility index (Phi) is 4.59. The van der Waals surface area contributed by atoms with E-state index in [0.717, 1.165) is 28.9 Å². The maximum atomic E-state index is 13.1. The minimum absolute atomic E-state index is 0.0956. The van der Waals surface area contributed by atoms with Gasteiger partial charge in [-0.15, -0.1) is 0 Å². The predicted octanol–water partition coefficient (Wildman–Crippen LogP) is 4.48. The maximum absolute atomic E-state index is 13.1. The van der Waals surface area contributed by atoms with Crippen LogP contribution < -0.4 is 10.1 Å². The van der Waals surface area contributed by atoms with Crippen LogP contribution in [-0.2, 0) is 0 Å². The van der Waals surface area contributed by atoms with Crippen molar-refractivity contribution in [3.8, 4) is 22.9 Å². The summed E-state index contributed by atoms with van der Waals surface area (Å²) in [6.45, 7) is 0.570. The lowest BCUT2D eigenvalue weighted by Gasteiger charge is -2.27. The summed E-state index contributed by atoms with van der Waals surface area (Å²) in [4.78, 5) is 13.1. The first-order chi connectivity index (χ1) is 13.3. The quantitative estimate of drug-likeness (QED) is 0.754. The fraction of sp³-hybridized carbons (Fsp3) is 0.130. The number of nitriles is 1. The van der Waals surface area contributed by atoms with Crippen molar-refractivity contribution in [2.75, 3.05) is 6.61 Å². The highest BCUT2D eigenvalue weighted by Crippen LogP contribution is 2.32. The average molecular weight is 354 g/mol. The molecule has 3 aromatic rings. The fourth-order valence-electron chi connectivity index (χ4n) is 3.46. The van der Waals surface area contributed by atoms with Gasteiger partial charge in [-0.25, -0.2) is 0 Å². The lowest BCUT2D eigenvalue weighted by Crippen LogP contribution is -2.32. The van der Waals surface area contributed by atoms with Gasteiger partial charge in [0.05, 0.1) is 24.3 Å². The second kappa shape index (κ2) is 7.35. The first kappa shape index (κ1) is 16.9. The van der Waals surface area contributed by atoms with Crippen molar-refractivity contribution in [3.05, 3.63) is 89.5 Å². The number of ether oxygens (including phenoxy) is 1. The molecule has 0 bridgehead atoms. The first-order valence-corrected chi connectivity index (χ1v) is 8.89. The number of hydrogen-bond donors (Lipinski definition) is 1. The Morgan fingerprint density at radius 2 is 1.67 bits per heavy atom. The fourth-order valence-corrected chi connectivity index (χ4v) is 3.46. The molecule has 1 N–H and O–H groups in total. The molecule has 1 aliphatic heterocycles. The zero-order chi connectivity index (χ0) is 18.6. The topological polar surface area (TPSA) is 62.1 Å². The number of fused-ring (bicyclic) bond motifs is 1. The van der Waals surface area contributed by atoms with Crippen molar-refractivity contribution >= 4 is 5.91 Å². The average Bonchev–Trinajstić information content (AvgIpc) is 2.74. The van der Waals surface area contributed by atoms with Gasteiger partial charge < -0.3 is 10.1 Å². The zero-order valence-electron chi connectivity index (χ0n) is 14.7. The highest BCUT2D eigenvalue weighted by Gasteiger charge is 2.24.